The molecule has 0 unspecified atom stereocenters. The average molecular weight is 311 g/mol. The lowest BCUT2D eigenvalue weighted by atomic mass is 10.2. The lowest BCUT2D eigenvalue weighted by molar-refractivity contribution is 0.938. The van der Waals surface area contributed by atoms with Crippen molar-refractivity contribution < 1.29 is 0 Å². The summed E-state index contributed by atoms with van der Waals surface area (Å²) >= 11 is 2.93. The molecule has 0 aliphatic carbocycles. The molecule has 6 heteroatoms. The van der Waals surface area contributed by atoms with Gasteiger partial charge in [0, 0.05) is 0 Å². The molecule has 21 heavy (non-hydrogen) atoms. The first kappa shape index (κ1) is 12.4. The second-order valence-electron chi connectivity index (χ2n) is 4.43. The van der Waals surface area contributed by atoms with Gasteiger partial charge in [-0.1, -0.05) is 47.7 Å². The molecular weight excluding hydrogens is 302 g/mol. The first-order valence-corrected chi connectivity index (χ1v) is 8.01. The third-order valence-corrected chi connectivity index (χ3v) is 4.85. The molecule has 0 N–H and O–H groups in total. The summed E-state index contributed by atoms with van der Waals surface area (Å²) in [7, 11) is 0. The van der Waals surface area contributed by atoms with E-state index in [0.717, 1.165) is 10.4 Å². The Hall–Kier alpha value is -2.31. The molecule has 4 rings (SSSR count). The van der Waals surface area contributed by atoms with Crippen molar-refractivity contribution in [2.45, 2.75) is 0 Å². The SMILES string of the molecule is O=c1/c(=C\c2ccccc2)sc2nc(-c3cccs3)nn12. The third kappa shape index (κ3) is 2.18. The highest BCUT2D eigenvalue weighted by Crippen LogP contribution is 2.21. The number of hydrogen-bond acceptors (Lipinski definition) is 5. The van der Waals surface area contributed by atoms with Crippen molar-refractivity contribution in [2.75, 3.05) is 0 Å². The van der Waals surface area contributed by atoms with Gasteiger partial charge in [-0.3, -0.25) is 4.79 Å². The van der Waals surface area contributed by atoms with Crippen molar-refractivity contribution in [1.82, 2.24) is 14.6 Å². The van der Waals surface area contributed by atoms with Gasteiger partial charge < -0.3 is 0 Å². The minimum absolute atomic E-state index is 0.117. The van der Waals surface area contributed by atoms with Crippen LogP contribution < -0.4 is 10.1 Å². The normalized spacial score (nSPS) is 12.3. The third-order valence-electron chi connectivity index (χ3n) is 3.02. The molecule has 0 saturated carbocycles. The minimum atomic E-state index is -0.117. The van der Waals surface area contributed by atoms with Crippen molar-refractivity contribution in [3.05, 3.63) is 68.3 Å². The molecule has 1 aromatic carbocycles. The molecule has 0 aliphatic heterocycles. The van der Waals surface area contributed by atoms with Crippen LogP contribution in [0.25, 0.3) is 21.7 Å². The van der Waals surface area contributed by atoms with E-state index in [9.17, 15) is 4.79 Å². The molecule has 0 atom stereocenters. The van der Waals surface area contributed by atoms with Gasteiger partial charge in [0.05, 0.1) is 9.41 Å². The summed E-state index contributed by atoms with van der Waals surface area (Å²) in [6.45, 7) is 0. The maximum Gasteiger partial charge on any atom is 0.291 e. The van der Waals surface area contributed by atoms with E-state index in [0.29, 0.717) is 15.3 Å². The molecular formula is C15H9N3OS2. The van der Waals surface area contributed by atoms with Crippen molar-refractivity contribution >= 4 is 33.7 Å². The van der Waals surface area contributed by atoms with Crippen molar-refractivity contribution in [1.29, 1.82) is 0 Å². The zero-order chi connectivity index (χ0) is 14.2. The second-order valence-corrected chi connectivity index (χ2v) is 6.39. The Kier molecular flexibility index (Phi) is 2.90. The second kappa shape index (κ2) is 4.91. The first-order valence-electron chi connectivity index (χ1n) is 6.31. The van der Waals surface area contributed by atoms with E-state index in [2.05, 4.69) is 10.1 Å². The van der Waals surface area contributed by atoms with Crippen LogP contribution in [0.1, 0.15) is 5.56 Å². The molecule has 3 aromatic heterocycles. The standard InChI is InChI=1S/C15H9N3OS2/c19-14-12(9-10-5-2-1-3-6-10)21-15-16-13(17-18(14)15)11-7-4-8-20-11/h1-9H/b12-9+. The molecule has 0 bridgehead atoms. The molecule has 0 fully saturated rings. The molecule has 102 valence electrons. The van der Waals surface area contributed by atoms with Crippen LogP contribution >= 0.6 is 22.7 Å². The van der Waals surface area contributed by atoms with E-state index < -0.39 is 0 Å². The largest absolute Gasteiger partial charge is 0.291 e. The first-order chi connectivity index (χ1) is 10.3. The smallest absolute Gasteiger partial charge is 0.266 e. The zero-order valence-electron chi connectivity index (χ0n) is 10.8. The van der Waals surface area contributed by atoms with Gasteiger partial charge in [0.2, 0.25) is 4.96 Å². The predicted octanol–water partition coefficient (Wildman–Crippen LogP) is 2.43. The lowest BCUT2D eigenvalue weighted by Crippen LogP contribution is -2.23. The van der Waals surface area contributed by atoms with Gasteiger partial charge in [0.25, 0.3) is 5.56 Å². The number of rotatable bonds is 2. The van der Waals surface area contributed by atoms with Gasteiger partial charge in [-0.25, -0.2) is 0 Å². The molecule has 4 nitrogen and oxygen atoms in total. The summed E-state index contributed by atoms with van der Waals surface area (Å²) in [5.41, 5.74) is 0.881. The number of fused-ring (bicyclic) bond motifs is 1. The summed E-state index contributed by atoms with van der Waals surface area (Å²) in [6, 6.07) is 13.7. The fourth-order valence-corrected chi connectivity index (χ4v) is 3.61. The molecule has 0 saturated heterocycles. The predicted molar refractivity (Wildman–Crippen MR) is 85.7 cm³/mol. The van der Waals surface area contributed by atoms with E-state index in [1.807, 2.05) is 53.9 Å². The van der Waals surface area contributed by atoms with Crippen LogP contribution in [0.3, 0.4) is 0 Å². The molecule has 0 radical (unpaired) electrons. The van der Waals surface area contributed by atoms with E-state index in [-0.39, 0.29) is 5.56 Å². The molecule has 0 spiro atoms. The monoisotopic (exact) mass is 311 g/mol. The van der Waals surface area contributed by atoms with Crippen LogP contribution in [0.5, 0.6) is 0 Å². The van der Waals surface area contributed by atoms with Crippen LogP contribution in [0.15, 0.2) is 52.6 Å². The number of nitrogens with zero attached hydrogens (tertiary/aromatic N) is 3. The van der Waals surface area contributed by atoms with Gasteiger partial charge in [-0.2, -0.15) is 9.50 Å². The van der Waals surface area contributed by atoms with Gasteiger partial charge >= 0.3 is 0 Å². The number of hydrogen-bond donors (Lipinski definition) is 0. The van der Waals surface area contributed by atoms with Crippen molar-refractivity contribution in [2.24, 2.45) is 0 Å². The Morgan fingerprint density at radius 3 is 2.67 bits per heavy atom. The zero-order valence-corrected chi connectivity index (χ0v) is 12.4. The summed E-state index contributed by atoms with van der Waals surface area (Å²) in [4.78, 5) is 18.4. The van der Waals surface area contributed by atoms with Crippen LogP contribution in [-0.2, 0) is 0 Å². The summed E-state index contributed by atoms with van der Waals surface area (Å²) < 4.78 is 2.03. The summed E-state index contributed by atoms with van der Waals surface area (Å²) in [5.74, 6) is 0.611. The van der Waals surface area contributed by atoms with Crippen LogP contribution in [0.4, 0.5) is 0 Å². The highest BCUT2D eigenvalue weighted by molar-refractivity contribution is 7.15. The number of thiazole rings is 1. The number of aromatic nitrogens is 3. The average Bonchev–Trinajstić information content (AvgIpc) is 3.20. The molecule has 0 amide bonds. The van der Waals surface area contributed by atoms with E-state index in [1.165, 1.54) is 15.9 Å². The Morgan fingerprint density at radius 1 is 1.10 bits per heavy atom. The van der Waals surface area contributed by atoms with Crippen LogP contribution in [0, 0.1) is 0 Å². The summed E-state index contributed by atoms with van der Waals surface area (Å²) in [6.07, 6.45) is 1.87. The topological polar surface area (TPSA) is 47.3 Å². The highest BCUT2D eigenvalue weighted by Gasteiger charge is 2.12. The van der Waals surface area contributed by atoms with Gasteiger partial charge in [-0.05, 0) is 23.1 Å². The maximum absolute atomic E-state index is 12.4. The highest BCUT2D eigenvalue weighted by atomic mass is 32.1. The maximum atomic E-state index is 12.4. The fraction of sp³-hybridized carbons (Fsp3) is 0. The quantitative estimate of drug-likeness (QED) is 0.571. The molecule has 4 aromatic rings. The van der Waals surface area contributed by atoms with Crippen LogP contribution in [-0.4, -0.2) is 14.6 Å². The molecule has 0 aliphatic rings. The fourth-order valence-electron chi connectivity index (χ4n) is 2.04. The van der Waals surface area contributed by atoms with E-state index in [4.69, 9.17) is 0 Å². The minimum Gasteiger partial charge on any atom is -0.266 e. The van der Waals surface area contributed by atoms with Gasteiger partial charge in [0.1, 0.15) is 0 Å². The van der Waals surface area contributed by atoms with Gasteiger partial charge in [0.15, 0.2) is 5.82 Å². The summed E-state index contributed by atoms with van der Waals surface area (Å²) in [5, 5.41) is 6.28. The van der Waals surface area contributed by atoms with Crippen molar-refractivity contribution in [3.8, 4) is 10.7 Å². The lowest BCUT2D eigenvalue weighted by Gasteiger charge is -1.88. The Labute approximate surface area is 127 Å². The van der Waals surface area contributed by atoms with Crippen molar-refractivity contribution in [3.63, 3.8) is 0 Å². The van der Waals surface area contributed by atoms with Gasteiger partial charge in [-0.15, -0.1) is 16.4 Å². The Balaban J connectivity index is 1.87. The van der Waals surface area contributed by atoms with E-state index in [1.54, 1.807) is 11.3 Å². The van der Waals surface area contributed by atoms with Crippen LogP contribution in [0.2, 0.25) is 0 Å². The molecule has 3 heterocycles. The Morgan fingerprint density at radius 2 is 1.95 bits per heavy atom. The number of thiophene rings is 1. The number of benzene rings is 1. The Bertz CT molecular complexity index is 1000. The van der Waals surface area contributed by atoms with E-state index >= 15 is 0 Å².